The first-order chi connectivity index (χ1) is 17.8. The number of carbonyl (C=O) groups is 1. The summed E-state index contributed by atoms with van der Waals surface area (Å²) < 4.78 is 34.2. The zero-order valence-corrected chi connectivity index (χ0v) is 20.4. The van der Waals surface area contributed by atoms with Crippen molar-refractivity contribution in [2.24, 2.45) is 11.8 Å². The number of benzene rings is 1. The second-order valence-electron chi connectivity index (χ2n) is 10.8. The van der Waals surface area contributed by atoms with Crippen LogP contribution in [0.2, 0.25) is 0 Å². The Kier molecular flexibility index (Phi) is 6.01. The second-order valence-corrected chi connectivity index (χ2v) is 10.8. The molecule has 10 heteroatoms. The van der Waals surface area contributed by atoms with E-state index < -0.39 is 29.3 Å². The molecule has 1 aromatic carbocycles. The van der Waals surface area contributed by atoms with Crippen LogP contribution < -0.4 is 14.8 Å². The third-order valence-corrected chi connectivity index (χ3v) is 8.01. The molecule has 1 amide bonds. The van der Waals surface area contributed by atoms with Crippen LogP contribution in [0.1, 0.15) is 80.0 Å². The Bertz CT molecular complexity index is 1330. The lowest BCUT2D eigenvalue weighted by Gasteiger charge is -2.36. The number of rotatable bonds is 8. The number of hydrogen-bond donors (Lipinski definition) is 2. The number of halogens is 2. The number of nitrogens with one attached hydrogen (secondary N) is 1. The molecule has 0 aliphatic heterocycles. The van der Waals surface area contributed by atoms with E-state index in [2.05, 4.69) is 5.32 Å². The fourth-order valence-electron chi connectivity index (χ4n) is 5.39. The van der Waals surface area contributed by atoms with Gasteiger partial charge >= 0.3 is 12.3 Å². The third-order valence-electron chi connectivity index (χ3n) is 8.01. The van der Waals surface area contributed by atoms with Gasteiger partial charge in [0.05, 0.1) is 29.5 Å². The van der Waals surface area contributed by atoms with Crippen molar-refractivity contribution in [3.63, 3.8) is 0 Å². The number of amides is 1. The first-order valence-electron chi connectivity index (χ1n) is 13.0. The topological polar surface area (TPSA) is 103 Å². The van der Waals surface area contributed by atoms with E-state index in [-0.39, 0.29) is 10.8 Å². The van der Waals surface area contributed by atoms with Crippen LogP contribution in [-0.2, 0) is 0 Å². The maximum Gasteiger partial charge on any atom is 0.322 e. The summed E-state index contributed by atoms with van der Waals surface area (Å²) in [4.78, 5) is 12.9. The molecule has 3 saturated carbocycles. The van der Waals surface area contributed by atoms with Gasteiger partial charge in [-0.1, -0.05) is 0 Å². The average molecular weight is 513 g/mol. The summed E-state index contributed by atoms with van der Waals surface area (Å²) in [5.41, 5.74) is -0.676. The maximum atomic E-state index is 13.2. The quantitative estimate of drug-likeness (QED) is 0.330. The zero-order valence-electron chi connectivity index (χ0n) is 20.4. The fraction of sp³-hybridized carbons (Fsp3) is 0.519. The van der Waals surface area contributed by atoms with Crippen molar-refractivity contribution in [1.82, 2.24) is 9.78 Å². The van der Waals surface area contributed by atoms with E-state index in [1.165, 1.54) is 12.1 Å². The number of aliphatic hydroxyl groups is 1. The van der Waals surface area contributed by atoms with Gasteiger partial charge in [-0.15, -0.1) is 0 Å². The number of fused-ring (bicyclic) bond motifs is 1. The molecule has 8 nitrogen and oxygen atoms in total. The number of ether oxygens (including phenoxy) is 1. The minimum Gasteiger partial charge on any atom is -0.618 e. The Labute approximate surface area is 212 Å². The number of nitrogens with zero attached hydrogens (tertiary/aromatic N) is 3. The molecule has 2 aromatic heterocycles. The zero-order chi connectivity index (χ0) is 25.7. The molecule has 6 rings (SSSR count). The van der Waals surface area contributed by atoms with Gasteiger partial charge in [-0.25, -0.2) is 0 Å². The number of pyridine rings is 1. The van der Waals surface area contributed by atoms with Crippen LogP contribution >= 0.6 is 0 Å². The van der Waals surface area contributed by atoms with Crippen LogP contribution in [0.5, 0.6) is 5.75 Å². The first kappa shape index (κ1) is 24.1. The lowest BCUT2D eigenvalue weighted by atomic mass is 9.79. The Balaban J connectivity index is 1.27. The van der Waals surface area contributed by atoms with Crippen molar-refractivity contribution in [2.75, 3.05) is 11.9 Å². The van der Waals surface area contributed by atoms with Gasteiger partial charge in [-0.2, -0.15) is 18.6 Å². The lowest BCUT2D eigenvalue weighted by Crippen LogP contribution is -2.40. The molecule has 37 heavy (non-hydrogen) atoms. The molecule has 3 aliphatic rings. The highest BCUT2D eigenvalue weighted by Gasteiger charge is 2.45. The Hall–Kier alpha value is -3.27. The molecule has 3 aromatic rings. The third kappa shape index (κ3) is 4.86. The highest BCUT2D eigenvalue weighted by Crippen LogP contribution is 2.49. The van der Waals surface area contributed by atoms with E-state index in [0.29, 0.717) is 35.4 Å². The summed E-state index contributed by atoms with van der Waals surface area (Å²) in [5, 5.41) is 31.5. The molecule has 0 spiro atoms. The Morgan fingerprint density at radius 3 is 2.65 bits per heavy atom. The van der Waals surface area contributed by atoms with E-state index in [1.807, 2.05) is 10.9 Å². The molecule has 3 aliphatic carbocycles. The van der Waals surface area contributed by atoms with Crippen molar-refractivity contribution < 1.29 is 28.1 Å². The molecule has 0 radical (unpaired) electrons. The van der Waals surface area contributed by atoms with Crippen molar-refractivity contribution in [3.8, 4) is 5.75 Å². The van der Waals surface area contributed by atoms with Crippen molar-refractivity contribution in [1.29, 1.82) is 0 Å². The van der Waals surface area contributed by atoms with Crippen molar-refractivity contribution in [2.45, 2.75) is 69.4 Å². The van der Waals surface area contributed by atoms with Crippen LogP contribution in [0.25, 0.3) is 10.9 Å². The first-order valence-corrected chi connectivity index (χ1v) is 13.0. The number of anilines is 1. The summed E-state index contributed by atoms with van der Waals surface area (Å²) >= 11 is 0. The molecule has 196 valence electrons. The number of carbonyl (C=O) groups excluding carboxylic acids is 1. The SMILES string of the molecule is O=C(Nc1cc2cn(C3CCC(O)(C4CC4)CC3)nc2cc1OCC1CC1)c1cccc(C(F)F)[n+]1[O-]. The van der Waals surface area contributed by atoms with Gasteiger partial charge in [0.2, 0.25) is 0 Å². The van der Waals surface area contributed by atoms with E-state index in [0.717, 1.165) is 62.8 Å². The maximum absolute atomic E-state index is 13.2. The van der Waals surface area contributed by atoms with Crippen molar-refractivity contribution >= 4 is 22.5 Å². The molecule has 0 saturated heterocycles. The number of hydrogen-bond acceptors (Lipinski definition) is 5. The van der Waals surface area contributed by atoms with Gasteiger partial charge in [-0.3, -0.25) is 9.48 Å². The predicted molar refractivity (Wildman–Crippen MR) is 131 cm³/mol. The predicted octanol–water partition coefficient (Wildman–Crippen LogP) is 4.90. The minimum absolute atomic E-state index is 0.0345. The average Bonchev–Trinajstić information content (AvgIpc) is 3.80. The minimum atomic E-state index is -3.00. The molecular formula is C27H30F2N4O4. The summed E-state index contributed by atoms with van der Waals surface area (Å²) in [5.74, 6) is 0.534. The van der Waals surface area contributed by atoms with Gasteiger partial charge < -0.3 is 20.4 Å². The van der Waals surface area contributed by atoms with Crippen LogP contribution in [0.3, 0.4) is 0 Å². The van der Waals surface area contributed by atoms with Gasteiger partial charge in [0.1, 0.15) is 5.75 Å². The van der Waals surface area contributed by atoms with Crippen LogP contribution in [0, 0.1) is 17.0 Å². The molecule has 0 bridgehead atoms. The molecule has 3 fully saturated rings. The smallest absolute Gasteiger partial charge is 0.322 e. The van der Waals surface area contributed by atoms with Gasteiger partial charge in [-0.05, 0) is 75.3 Å². The highest BCUT2D eigenvalue weighted by molar-refractivity contribution is 6.04. The standard InChI is InChI=1S/C27H30F2N4O4/c28-25(29)22-2-1-3-23(33(22)36)26(34)30-21-12-17-14-32(19-8-10-27(35,11-9-19)18-6-7-18)31-20(17)13-24(21)37-15-16-4-5-16/h1-3,12-14,16,18-19,25,35H,4-11,15H2,(H,30,34). The van der Waals surface area contributed by atoms with E-state index in [1.54, 1.807) is 12.1 Å². The normalized spacial score (nSPS) is 23.9. The largest absolute Gasteiger partial charge is 0.618 e. The summed E-state index contributed by atoms with van der Waals surface area (Å²) in [6, 6.07) is 7.16. The van der Waals surface area contributed by atoms with E-state index in [4.69, 9.17) is 9.84 Å². The van der Waals surface area contributed by atoms with Gasteiger partial charge in [0.25, 0.3) is 11.4 Å². The lowest BCUT2D eigenvalue weighted by molar-refractivity contribution is -0.621. The van der Waals surface area contributed by atoms with Crippen LogP contribution in [-0.4, -0.2) is 33.0 Å². The molecule has 0 unspecified atom stereocenters. The Morgan fingerprint density at radius 2 is 1.97 bits per heavy atom. The molecular weight excluding hydrogens is 482 g/mol. The van der Waals surface area contributed by atoms with Crippen LogP contribution in [0.15, 0.2) is 36.5 Å². The van der Waals surface area contributed by atoms with E-state index in [9.17, 15) is 23.9 Å². The number of aromatic nitrogens is 3. The summed E-state index contributed by atoms with van der Waals surface area (Å²) in [7, 11) is 0. The molecule has 2 heterocycles. The Morgan fingerprint density at radius 1 is 1.22 bits per heavy atom. The van der Waals surface area contributed by atoms with Gasteiger partial charge in [0.15, 0.2) is 0 Å². The summed E-state index contributed by atoms with van der Waals surface area (Å²) in [6.07, 6.45) is 6.56. The molecule has 0 atom stereocenters. The monoisotopic (exact) mass is 512 g/mol. The fourth-order valence-corrected chi connectivity index (χ4v) is 5.39. The van der Waals surface area contributed by atoms with Crippen molar-refractivity contribution in [3.05, 3.63) is 53.1 Å². The number of alkyl halides is 2. The van der Waals surface area contributed by atoms with Crippen LogP contribution in [0.4, 0.5) is 14.5 Å². The molecule has 2 N–H and O–H groups in total. The van der Waals surface area contributed by atoms with E-state index >= 15 is 0 Å². The second kappa shape index (κ2) is 9.24. The van der Waals surface area contributed by atoms with Gasteiger partial charge in [0, 0.05) is 29.8 Å². The highest BCUT2D eigenvalue weighted by atomic mass is 19.3. The summed E-state index contributed by atoms with van der Waals surface area (Å²) in [6.45, 7) is 0.500.